The van der Waals surface area contributed by atoms with Crippen LogP contribution in [0.3, 0.4) is 0 Å². The molecule has 0 aliphatic heterocycles. The summed E-state index contributed by atoms with van der Waals surface area (Å²) in [4.78, 5) is 11.3. The number of carbonyl (C=O) groups is 1. The molecule has 0 heterocycles. The standard InChI is InChI=1S/C16H17NO2/c18-16(19)15(13-7-3-1-4-8-13)11-12-17-14-9-5-2-6-10-14/h1-10,15,17H,11-12H2,(H,18,19). The Morgan fingerprint density at radius 2 is 1.58 bits per heavy atom. The van der Waals surface area contributed by atoms with Crippen molar-refractivity contribution in [1.82, 2.24) is 0 Å². The van der Waals surface area contributed by atoms with E-state index in [4.69, 9.17) is 0 Å². The van der Waals surface area contributed by atoms with Gasteiger partial charge in [-0.05, 0) is 24.1 Å². The van der Waals surface area contributed by atoms with Crippen LogP contribution < -0.4 is 5.32 Å². The van der Waals surface area contributed by atoms with Crippen LogP contribution in [0.25, 0.3) is 0 Å². The van der Waals surface area contributed by atoms with E-state index in [1.165, 1.54) is 0 Å². The first-order valence-corrected chi connectivity index (χ1v) is 6.34. The number of hydrogen-bond donors (Lipinski definition) is 2. The number of nitrogens with one attached hydrogen (secondary N) is 1. The van der Waals surface area contributed by atoms with Gasteiger partial charge in [0.15, 0.2) is 0 Å². The van der Waals surface area contributed by atoms with Gasteiger partial charge in [-0.3, -0.25) is 4.79 Å². The summed E-state index contributed by atoms with van der Waals surface area (Å²) < 4.78 is 0. The van der Waals surface area contributed by atoms with Gasteiger partial charge < -0.3 is 10.4 Å². The Morgan fingerprint density at radius 3 is 2.16 bits per heavy atom. The predicted octanol–water partition coefficient (Wildman–Crippen LogP) is 3.36. The molecule has 0 aliphatic rings. The molecule has 2 N–H and O–H groups in total. The molecule has 2 aromatic carbocycles. The van der Waals surface area contributed by atoms with Gasteiger partial charge in [0, 0.05) is 12.2 Å². The van der Waals surface area contributed by atoms with E-state index < -0.39 is 11.9 Å². The average molecular weight is 255 g/mol. The van der Waals surface area contributed by atoms with Crippen molar-refractivity contribution in [2.75, 3.05) is 11.9 Å². The lowest BCUT2D eigenvalue weighted by Crippen LogP contribution is -2.16. The van der Waals surface area contributed by atoms with E-state index >= 15 is 0 Å². The molecule has 0 amide bonds. The fraction of sp³-hybridized carbons (Fsp3) is 0.188. The molecular weight excluding hydrogens is 238 g/mol. The third-order valence-corrected chi connectivity index (χ3v) is 3.04. The van der Waals surface area contributed by atoms with Crippen molar-refractivity contribution in [3.05, 3.63) is 66.2 Å². The van der Waals surface area contributed by atoms with E-state index in [-0.39, 0.29) is 0 Å². The summed E-state index contributed by atoms with van der Waals surface area (Å²) >= 11 is 0. The third kappa shape index (κ3) is 3.85. The van der Waals surface area contributed by atoms with Gasteiger partial charge in [-0.1, -0.05) is 48.5 Å². The molecule has 3 nitrogen and oxygen atoms in total. The minimum absolute atomic E-state index is 0.461. The molecule has 0 aromatic heterocycles. The molecule has 19 heavy (non-hydrogen) atoms. The zero-order valence-corrected chi connectivity index (χ0v) is 10.6. The number of carboxylic acid groups (broad SMARTS) is 1. The number of anilines is 1. The first kappa shape index (κ1) is 13.1. The van der Waals surface area contributed by atoms with Crippen LogP contribution in [0.5, 0.6) is 0 Å². The third-order valence-electron chi connectivity index (χ3n) is 3.04. The molecule has 1 unspecified atom stereocenters. The highest BCUT2D eigenvalue weighted by Crippen LogP contribution is 2.20. The van der Waals surface area contributed by atoms with Crippen molar-refractivity contribution in [3.8, 4) is 0 Å². The zero-order valence-electron chi connectivity index (χ0n) is 10.6. The lowest BCUT2D eigenvalue weighted by molar-refractivity contribution is -0.138. The van der Waals surface area contributed by atoms with Gasteiger partial charge >= 0.3 is 5.97 Å². The lowest BCUT2D eigenvalue weighted by Gasteiger charge is -2.13. The Labute approximate surface area is 112 Å². The number of hydrogen-bond acceptors (Lipinski definition) is 2. The molecule has 0 aliphatic carbocycles. The van der Waals surface area contributed by atoms with Gasteiger partial charge in [0.25, 0.3) is 0 Å². The second-order valence-corrected chi connectivity index (χ2v) is 4.38. The fourth-order valence-electron chi connectivity index (χ4n) is 2.03. The monoisotopic (exact) mass is 255 g/mol. The van der Waals surface area contributed by atoms with Gasteiger partial charge in [-0.25, -0.2) is 0 Å². The first-order valence-electron chi connectivity index (χ1n) is 6.34. The molecule has 0 bridgehead atoms. The highest BCUT2D eigenvalue weighted by atomic mass is 16.4. The number of aliphatic carboxylic acids is 1. The maximum Gasteiger partial charge on any atom is 0.311 e. The van der Waals surface area contributed by atoms with E-state index in [1.807, 2.05) is 60.7 Å². The van der Waals surface area contributed by atoms with Crippen molar-refractivity contribution in [3.63, 3.8) is 0 Å². The molecule has 1 atom stereocenters. The minimum Gasteiger partial charge on any atom is -0.481 e. The Kier molecular flexibility index (Phi) is 4.56. The molecule has 0 spiro atoms. The molecule has 0 fully saturated rings. The largest absolute Gasteiger partial charge is 0.481 e. The maximum atomic E-state index is 11.3. The number of para-hydroxylation sites is 1. The molecule has 98 valence electrons. The van der Waals surface area contributed by atoms with Crippen LogP contribution >= 0.6 is 0 Å². The average Bonchev–Trinajstić information content (AvgIpc) is 2.45. The molecule has 0 saturated heterocycles. The van der Waals surface area contributed by atoms with Crippen LogP contribution in [0.15, 0.2) is 60.7 Å². The topological polar surface area (TPSA) is 49.3 Å². The van der Waals surface area contributed by atoms with E-state index in [0.29, 0.717) is 13.0 Å². The Hall–Kier alpha value is -2.29. The molecule has 0 radical (unpaired) electrons. The second kappa shape index (κ2) is 6.59. The van der Waals surface area contributed by atoms with Crippen LogP contribution in [-0.4, -0.2) is 17.6 Å². The SMILES string of the molecule is O=C(O)C(CCNc1ccccc1)c1ccccc1. The highest BCUT2D eigenvalue weighted by molar-refractivity contribution is 5.76. The van der Waals surface area contributed by atoms with Crippen LogP contribution in [-0.2, 0) is 4.79 Å². The van der Waals surface area contributed by atoms with Crippen LogP contribution in [0.4, 0.5) is 5.69 Å². The van der Waals surface area contributed by atoms with Gasteiger partial charge in [-0.2, -0.15) is 0 Å². The fourth-order valence-corrected chi connectivity index (χ4v) is 2.03. The van der Waals surface area contributed by atoms with Crippen LogP contribution in [0, 0.1) is 0 Å². The van der Waals surface area contributed by atoms with E-state index in [1.54, 1.807) is 0 Å². The zero-order chi connectivity index (χ0) is 13.5. The Morgan fingerprint density at radius 1 is 1.00 bits per heavy atom. The van der Waals surface area contributed by atoms with E-state index in [0.717, 1.165) is 11.3 Å². The van der Waals surface area contributed by atoms with Gasteiger partial charge in [0.2, 0.25) is 0 Å². The van der Waals surface area contributed by atoms with Crippen molar-refractivity contribution >= 4 is 11.7 Å². The van der Waals surface area contributed by atoms with E-state index in [9.17, 15) is 9.90 Å². The Balaban J connectivity index is 1.94. The smallest absolute Gasteiger partial charge is 0.311 e. The van der Waals surface area contributed by atoms with E-state index in [2.05, 4.69) is 5.32 Å². The quantitative estimate of drug-likeness (QED) is 0.832. The number of carboxylic acids is 1. The summed E-state index contributed by atoms with van der Waals surface area (Å²) in [6.45, 7) is 0.635. The van der Waals surface area contributed by atoms with Gasteiger partial charge in [0.1, 0.15) is 0 Å². The van der Waals surface area contributed by atoms with Crippen molar-refractivity contribution in [1.29, 1.82) is 0 Å². The Bertz CT molecular complexity index is 511. The molecule has 2 aromatic rings. The number of benzene rings is 2. The normalized spacial score (nSPS) is 11.8. The van der Waals surface area contributed by atoms with Crippen molar-refractivity contribution < 1.29 is 9.90 Å². The molecule has 2 rings (SSSR count). The van der Waals surface area contributed by atoms with Crippen molar-refractivity contribution in [2.45, 2.75) is 12.3 Å². The summed E-state index contributed by atoms with van der Waals surface area (Å²) in [7, 11) is 0. The predicted molar refractivity (Wildman–Crippen MR) is 76.4 cm³/mol. The van der Waals surface area contributed by atoms with Gasteiger partial charge in [-0.15, -0.1) is 0 Å². The summed E-state index contributed by atoms with van der Waals surface area (Å²) in [5.41, 5.74) is 1.87. The number of rotatable bonds is 6. The van der Waals surface area contributed by atoms with Crippen LogP contribution in [0.1, 0.15) is 17.9 Å². The summed E-state index contributed by atoms with van der Waals surface area (Å²) in [6.07, 6.45) is 0.564. The minimum atomic E-state index is -0.777. The van der Waals surface area contributed by atoms with Crippen LogP contribution in [0.2, 0.25) is 0 Å². The highest BCUT2D eigenvalue weighted by Gasteiger charge is 2.18. The molecular formula is C16H17NO2. The van der Waals surface area contributed by atoms with Gasteiger partial charge in [0.05, 0.1) is 5.92 Å². The summed E-state index contributed by atoms with van der Waals surface area (Å²) in [6, 6.07) is 19.2. The maximum absolute atomic E-state index is 11.3. The molecule has 0 saturated carbocycles. The summed E-state index contributed by atoms with van der Waals surface area (Å²) in [5, 5.41) is 12.5. The van der Waals surface area contributed by atoms with Crippen molar-refractivity contribution in [2.24, 2.45) is 0 Å². The first-order chi connectivity index (χ1) is 9.27. The summed E-state index contributed by atoms with van der Waals surface area (Å²) in [5.74, 6) is -1.24. The molecule has 3 heteroatoms. The second-order valence-electron chi connectivity index (χ2n) is 4.38. The lowest BCUT2D eigenvalue weighted by atomic mass is 9.96.